The molecule has 214 valence electrons. The molecule has 15 heteroatoms. The van der Waals surface area contributed by atoms with Crippen molar-refractivity contribution >= 4 is 68.1 Å². The Hall–Kier alpha value is -3.58. The molecule has 0 spiro atoms. The molecule has 0 aliphatic heterocycles. The van der Waals surface area contributed by atoms with Crippen LogP contribution in [-0.2, 0) is 19.6 Å². The summed E-state index contributed by atoms with van der Waals surface area (Å²) in [6, 6.07) is 9.40. The van der Waals surface area contributed by atoms with Gasteiger partial charge in [0, 0.05) is 12.1 Å². The molecular formula is C25H23Cl3N2O9S. The third-order valence-corrected chi connectivity index (χ3v) is 7.70. The number of amides is 1. The van der Waals surface area contributed by atoms with Crippen molar-refractivity contribution in [3.05, 3.63) is 63.1 Å². The fourth-order valence-electron chi connectivity index (χ4n) is 3.34. The molecule has 0 aromatic heterocycles. The molecule has 0 saturated heterocycles. The van der Waals surface area contributed by atoms with Gasteiger partial charge < -0.3 is 29.0 Å². The number of carbonyl (C=O) groups is 2. The Morgan fingerprint density at radius 2 is 1.43 bits per heavy atom. The number of sulfonamides is 1. The van der Waals surface area contributed by atoms with Crippen molar-refractivity contribution in [2.45, 2.75) is 4.90 Å². The number of rotatable bonds is 11. The summed E-state index contributed by atoms with van der Waals surface area (Å²) in [6.45, 7) is -0.722. The van der Waals surface area contributed by atoms with Gasteiger partial charge in [0.1, 0.15) is 27.9 Å². The van der Waals surface area contributed by atoms with Gasteiger partial charge >= 0.3 is 5.97 Å². The van der Waals surface area contributed by atoms with Crippen molar-refractivity contribution in [3.63, 3.8) is 0 Å². The predicted molar refractivity (Wildman–Crippen MR) is 150 cm³/mol. The van der Waals surface area contributed by atoms with Gasteiger partial charge in [0.15, 0.2) is 6.61 Å². The molecule has 0 heterocycles. The highest BCUT2D eigenvalue weighted by atomic mass is 35.5. The maximum atomic E-state index is 13.2. The van der Waals surface area contributed by atoms with Crippen molar-refractivity contribution in [3.8, 4) is 23.0 Å². The van der Waals surface area contributed by atoms with Crippen molar-refractivity contribution in [1.29, 1.82) is 0 Å². The first-order valence-corrected chi connectivity index (χ1v) is 13.7. The quantitative estimate of drug-likeness (QED) is 0.270. The minimum absolute atomic E-state index is 0.0203. The Bertz CT molecular complexity index is 1550. The minimum atomic E-state index is -4.40. The molecule has 0 aliphatic carbocycles. The molecule has 0 radical (unpaired) electrons. The Balaban J connectivity index is 1.81. The van der Waals surface area contributed by atoms with Crippen LogP contribution < -0.4 is 29.0 Å². The molecule has 0 saturated carbocycles. The van der Waals surface area contributed by atoms with Crippen LogP contribution in [0, 0.1) is 0 Å². The van der Waals surface area contributed by atoms with Gasteiger partial charge in [-0.1, -0.05) is 34.8 Å². The van der Waals surface area contributed by atoms with E-state index in [-0.39, 0.29) is 43.5 Å². The lowest BCUT2D eigenvalue weighted by atomic mass is 10.2. The molecule has 0 bridgehead atoms. The minimum Gasteiger partial charge on any atom is -0.497 e. The number of ether oxygens (including phenoxy) is 5. The number of anilines is 2. The van der Waals surface area contributed by atoms with Crippen molar-refractivity contribution in [1.82, 2.24) is 0 Å². The SMILES string of the molecule is COc1ccc(OC)c(NC(=O)COC(=O)c2cc(S(=O)(=O)Nc3cc(Cl)c(OC)cc3OC)c(Cl)cc2Cl)c1. The number of halogens is 3. The standard InChI is InChI=1S/C25H23Cl3N2O9S/c1-35-13-5-6-20(36-2)18(7-13)29-24(31)12-39-25(32)14-8-23(17(28)9-15(14)26)40(33,34)30-19-10-16(27)21(37-3)11-22(19)38-4/h5-11,30H,12H2,1-4H3,(H,29,31). The van der Waals surface area contributed by atoms with E-state index in [4.69, 9.17) is 58.5 Å². The van der Waals surface area contributed by atoms with E-state index in [0.717, 1.165) is 12.1 Å². The normalized spacial score (nSPS) is 10.9. The molecule has 2 N–H and O–H groups in total. The lowest BCUT2D eigenvalue weighted by molar-refractivity contribution is -0.119. The van der Waals surface area contributed by atoms with Crippen LogP contribution in [0.25, 0.3) is 0 Å². The molecule has 3 rings (SSSR count). The van der Waals surface area contributed by atoms with Gasteiger partial charge in [-0.25, -0.2) is 13.2 Å². The Morgan fingerprint density at radius 1 is 0.750 bits per heavy atom. The first-order chi connectivity index (χ1) is 18.9. The van der Waals surface area contributed by atoms with E-state index in [0.29, 0.717) is 11.5 Å². The molecule has 11 nitrogen and oxygen atoms in total. The number of hydrogen-bond acceptors (Lipinski definition) is 9. The zero-order valence-corrected chi connectivity index (χ0v) is 24.5. The van der Waals surface area contributed by atoms with E-state index >= 15 is 0 Å². The van der Waals surface area contributed by atoms with Crippen LogP contribution in [0.3, 0.4) is 0 Å². The summed E-state index contributed by atoms with van der Waals surface area (Å²) in [5.41, 5.74) is -0.0908. The van der Waals surface area contributed by atoms with E-state index in [1.807, 2.05) is 0 Å². The van der Waals surface area contributed by atoms with Gasteiger partial charge in [0.2, 0.25) is 0 Å². The second-order valence-electron chi connectivity index (χ2n) is 7.75. The zero-order valence-electron chi connectivity index (χ0n) is 21.5. The molecule has 0 aliphatic rings. The van der Waals surface area contributed by atoms with Crippen LogP contribution in [0.5, 0.6) is 23.0 Å². The molecule has 0 unspecified atom stereocenters. The summed E-state index contributed by atoms with van der Waals surface area (Å²) in [6.07, 6.45) is 0. The molecular weight excluding hydrogens is 611 g/mol. The summed E-state index contributed by atoms with van der Waals surface area (Å²) in [5, 5.41) is 2.17. The maximum Gasteiger partial charge on any atom is 0.340 e. The second kappa shape index (κ2) is 13.2. The van der Waals surface area contributed by atoms with Crippen LogP contribution in [0.4, 0.5) is 11.4 Å². The molecule has 0 atom stereocenters. The summed E-state index contributed by atoms with van der Waals surface area (Å²) >= 11 is 18.4. The summed E-state index contributed by atoms with van der Waals surface area (Å²) < 4.78 is 54.5. The summed E-state index contributed by atoms with van der Waals surface area (Å²) in [7, 11) is 1.18. The fourth-order valence-corrected chi connectivity index (χ4v) is 5.49. The van der Waals surface area contributed by atoms with Crippen LogP contribution in [0.2, 0.25) is 15.1 Å². The van der Waals surface area contributed by atoms with Crippen molar-refractivity contribution < 1.29 is 41.7 Å². The average molecular weight is 634 g/mol. The number of hydrogen-bond donors (Lipinski definition) is 2. The highest BCUT2D eigenvalue weighted by molar-refractivity contribution is 7.92. The van der Waals surface area contributed by atoms with Gasteiger partial charge in [-0.2, -0.15) is 0 Å². The number of benzene rings is 3. The van der Waals surface area contributed by atoms with Crippen LogP contribution in [-0.4, -0.2) is 55.3 Å². The molecule has 3 aromatic rings. The average Bonchev–Trinajstić information content (AvgIpc) is 2.91. The van der Waals surface area contributed by atoms with Crippen molar-refractivity contribution in [2.24, 2.45) is 0 Å². The van der Waals surface area contributed by atoms with E-state index < -0.39 is 33.4 Å². The van der Waals surface area contributed by atoms with Crippen LogP contribution in [0.15, 0.2) is 47.4 Å². The van der Waals surface area contributed by atoms with Crippen molar-refractivity contribution in [2.75, 3.05) is 45.1 Å². The largest absolute Gasteiger partial charge is 0.497 e. The van der Waals surface area contributed by atoms with E-state index in [1.165, 1.54) is 46.6 Å². The fraction of sp³-hybridized carbons (Fsp3) is 0.200. The van der Waals surface area contributed by atoms with E-state index in [2.05, 4.69) is 10.0 Å². The van der Waals surface area contributed by atoms with Gasteiger partial charge in [-0.05, 0) is 30.3 Å². The van der Waals surface area contributed by atoms with Gasteiger partial charge in [-0.15, -0.1) is 0 Å². The third-order valence-electron chi connectivity index (χ3n) is 5.26. The number of carbonyl (C=O) groups excluding carboxylic acids is 2. The van der Waals surface area contributed by atoms with Crippen LogP contribution >= 0.6 is 34.8 Å². The van der Waals surface area contributed by atoms with Gasteiger partial charge in [0.05, 0.1) is 60.4 Å². The Labute approximate surface area is 245 Å². The number of nitrogens with one attached hydrogen (secondary N) is 2. The Kier molecular flexibility index (Phi) is 10.2. The highest BCUT2D eigenvalue weighted by Gasteiger charge is 2.25. The van der Waals surface area contributed by atoms with Gasteiger partial charge in [-0.3, -0.25) is 9.52 Å². The van der Waals surface area contributed by atoms with Gasteiger partial charge in [0.25, 0.3) is 15.9 Å². The number of methoxy groups -OCH3 is 4. The molecule has 3 aromatic carbocycles. The predicted octanol–water partition coefficient (Wildman–Crippen LogP) is 5.28. The lowest BCUT2D eigenvalue weighted by Gasteiger charge is -2.16. The van der Waals surface area contributed by atoms with E-state index in [1.54, 1.807) is 12.1 Å². The lowest BCUT2D eigenvalue weighted by Crippen LogP contribution is -2.22. The van der Waals surface area contributed by atoms with E-state index in [9.17, 15) is 18.0 Å². The molecule has 0 fully saturated rings. The first kappa shape index (κ1) is 31.0. The maximum absolute atomic E-state index is 13.2. The third kappa shape index (κ3) is 7.13. The first-order valence-electron chi connectivity index (χ1n) is 11.1. The monoisotopic (exact) mass is 632 g/mol. The molecule has 40 heavy (non-hydrogen) atoms. The zero-order chi connectivity index (χ0) is 29.6. The Morgan fingerprint density at radius 3 is 2.05 bits per heavy atom. The second-order valence-corrected chi connectivity index (χ2v) is 10.6. The summed E-state index contributed by atoms with van der Waals surface area (Å²) in [4.78, 5) is 24.7. The molecule has 1 amide bonds. The summed E-state index contributed by atoms with van der Waals surface area (Å²) in [5.74, 6) is -0.617. The smallest absolute Gasteiger partial charge is 0.340 e. The van der Waals surface area contributed by atoms with Crippen LogP contribution in [0.1, 0.15) is 10.4 Å². The highest BCUT2D eigenvalue weighted by Crippen LogP contribution is 2.38. The number of esters is 1. The topological polar surface area (TPSA) is 138 Å².